The standard InChI is InChI=1S/C17H18F2N4OS/c18-16(19)23-13-9-5-4-8-12(13)20-14(23)10-25-17-22-21-15(24-17)11-6-2-1-3-7-11/h4-5,8-9,11,16H,1-3,6-7,10H2. The molecule has 25 heavy (non-hydrogen) atoms. The van der Waals surface area contributed by atoms with E-state index in [4.69, 9.17) is 4.42 Å². The summed E-state index contributed by atoms with van der Waals surface area (Å²) < 4.78 is 33.5. The Hall–Kier alpha value is -1.96. The average molecular weight is 364 g/mol. The molecule has 0 unspecified atom stereocenters. The normalized spacial score (nSPS) is 16.1. The second kappa shape index (κ2) is 7.11. The number of imidazole rings is 1. The fourth-order valence-corrected chi connectivity index (χ4v) is 4.03. The molecule has 0 radical (unpaired) electrons. The minimum Gasteiger partial charge on any atom is -0.416 e. The lowest BCUT2D eigenvalue weighted by molar-refractivity contribution is 0.0722. The van der Waals surface area contributed by atoms with Crippen LogP contribution in [0.3, 0.4) is 0 Å². The summed E-state index contributed by atoms with van der Waals surface area (Å²) in [5.41, 5.74) is 0.994. The van der Waals surface area contributed by atoms with Crippen LogP contribution in [0.5, 0.6) is 0 Å². The third-order valence-corrected chi connectivity index (χ3v) is 5.38. The van der Waals surface area contributed by atoms with Crippen molar-refractivity contribution in [3.8, 4) is 0 Å². The molecule has 5 nitrogen and oxygen atoms in total. The SMILES string of the molecule is FC(F)n1c(CSc2nnc(C3CCCCC3)o2)nc2ccccc21. The van der Waals surface area contributed by atoms with E-state index in [0.717, 1.165) is 17.4 Å². The molecule has 1 aliphatic carbocycles. The zero-order chi connectivity index (χ0) is 17.2. The van der Waals surface area contributed by atoms with Crippen LogP contribution in [0.25, 0.3) is 11.0 Å². The van der Waals surface area contributed by atoms with Crippen molar-refractivity contribution in [3.05, 3.63) is 36.0 Å². The van der Waals surface area contributed by atoms with Crippen molar-refractivity contribution in [2.75, 3.05) is 0 Å². The van der Waals surface area contributed by atoms with Crippen LogP contribution in [-0.2, 0) is 5.75 Å². The topological polar surface area (TPSA) is 56.7 Å². The van der Waals surface area contributed by atoms with Crippen LogP contribution in [-0.4, -0.2) is 19.7 Å². The third kappa shape index (κ3) is 3.40. The lowest BCUT2D eigenvalue weighted by atomic mass is 9.89. The van der Waals surface area contributed by atoms with Crippen molar-refractivity contribution >= 4 is 22.8 Å². The molecule has 2 aromatic heterocycles. The van der Waals surface area contributed by atoms with Gasteiger partial charge in [-0.05, 0) is 25.0 Å². The van der Waals surface area contributed by atoms with Gasteiger partial charge in [-0.1, -0.05) is 43.2 Å². The third-order valence-electron chi connectivity index (χ3n) is 4.57. The molecule has 0 amide bonds. The van der Waals surface area contributed by atoms with Crippen LogP contribution >= 0.6 is 11.8 Å². The number of aromatic nitrogens is 4. The Morgan fingerprint density at radius 3 is 2.76 bits per heavy atom. The molecule has 0 atom stereocenters. The van der Waals surface area contributed by atoms with Crippen molar-refractivity contribution in [2.24, 2.45) is 0 Å². The Labute approximate surface area is 147 Å². The Morgan fingerprint density at radius 2 is 1.96 bits per heavy atom. The Balaban J connectivity index is 1.51. The molecule has 0 spiro atoms. The molecule has 1 saturated carbocycles. The fraction of sp³-hybridized carbons (Fsp3) is 0.471. The molecule has 4 rings (SSSR count). The first-order valence-electron chi connectivity index (χ1n) is 8.42. The molecular formula is C17H18F2N4OS. The lowest BCUT2D eigenvalue weighted by Gasteiger charge is -2.17. The van der Waals surface area contributed by atoms with E-state index in [9.17, 15) is 8.78 Å². The van der Waals surface area contributed by atoms with E-state index in [1.165, 1.54) is 31.0 Å². The van der Waals surface area contributed by atoms with E-state index in [0.29, 0.717) is 33.9 Å². The van der Waals surface area contributed by atoms with Crippen LogP contribution in [0.2, 0.25) is 0 Å². The molecule has 3 aromatic rings. The molecule has 0 bridgehead atoms. The molecule has 1 aliphatic rings. The highest BCUT2D eigenvalue weighted by atomic mass is 32.2. The summed E-state index contributed by atoms with van der Waals surface area (Å²) in [7, 11) is 0. The van der Waals surface area contributed by atoms with Gasteiger partial charge in [0, 0.05) is 5.92 Å². The first-order chi connectivity index (χ1) is 12.2. The molecular weight excluding hydrogens is 346 g/mol. The summed E-state index contributed by atoms with van der Waals surface area (Å²) in [6, 6.07) is 6.90. The van der Waals surface area contributed by atoms with Gasteiger partial charge >= 0.3 is 6.55 Å². The summed E-state index contributed by atoms with van der Waals surface area (Å²) in [5, 5.41) is 8.61. The Morgan fingerprint density at radius 1 is 1.16 bits per heavy atom. The number of nitrogens with zero attached hydrogens (tertiary/aromatic N) is 4. The second-order valence-electron chi connectivity index (χ2n) is 6.19. The van der Waals surface area contributed by atoms with E-state index in [2.05, 4.69) is 15.2 Å². The maximum atomic E-state index is 13.4. The highest BCUT2D eigenvalue weighted by molar-refractivity contribution is 7.98. The first kappa shape index (κ1) is 16.5. The van der Waals surface area contributed by atoms with Gasteiger partial charge in [-0.2, -0.15) is 8.78 Å². The number of benzene rings is 1. The number of fused-ring (bicyclic) bond motifs is 1. The van der Waals surface area contributed by atoms with Crippen molar-refractivity contribution in [2.45, 2.75) is 55.5 Å². The largest absolute Gasteiger partial charge is 0.416 e. The van der Waals surface area contributed by atoms with Crippen LogP contribution in [0.15, 0.2) is 33.9 Å². The minimum atomic E-state index is -2.64. The zero-order valence-electron chi connectivity index (χ0n) is 13.6. The Kier molecular flexibility index (Phi) is 4.70. The summed E-state index contributed by atoms with van der Waals surface area (Å²) in [5.74, 6) is 1.56. The maximum absolute atomic E-state index is 13.4. The van der Waals surface area contributed by atoms with Gasteiger partial charge in [-0.3, -0.25) is 4.57 Å². The zero-order valence-corrected chi connectivity index (χ0v) is 14.4. The van der Waals surface area contributed by atoms with Crippen LogP contribution in [0.1, 0.15) is 56.3 Å². The highest BCUT2D eigenvalue weighted by Crippen LogP contribution is 2.34. The van der Waals surface area contributed by atoms with E-state index < -0.39 is 6.55 Å². The fourth-order valence-electron chi connectivity index (χ4n) is 3.33. The molecule has 1 aromatic carbocycles. The second-order valence-corrected chi connectivity index (χ2v) is 7.12. The number of alkyl halides is 2. The number of rotatable bonds is 5. The highest BCUT2D eigenvalue weighted by Gasteiger charge is 2.22. The summed E-state index contributed by atoms with van der Waals surface area (Å²) in [6.45, 7) is -2.64. The van der Waals surface area contributed by atoms with E-state index in [-0.39, 0.29) is 5.75 Å². The van der Waals surface area contributed by atoms with Gasteiger partial charge in [0.25, 0.3) is 5.22 Å². The van der Waals surface area contributed by atoms with Crippen LogP contribution in [0.4, 0.5) is 8.78 Å². The molecule has 132 valence electrons. The van der Waals surface area contributed by atoms with Gasteiger partial charge in [-0.15, -0.1) is 10.2 Å². The smallest absolute Gasteiger partial charge is 0.320 e. The molecule has 1 fully saturated rings. The molecule has 8 heteroatoms. The van der Waals surface area contributed by atoms with Gasteiger partial charge < -0.3 is 4.42 Å². The van der Waals surface area contributed by atoms with E-state index >= 15 is 0 Å². The predicted octanol–water partition coefficient (Wildman–Crippen LogP) is 5.15. The van der Waals surface area contributed by atoms with Crippen molar-refractivity contribution in [1.82, 2.24) is 19.7 Å². The van der Waals surface area contributed by atoms with E-state index in [1.54, 1.807) is 24.3 Å². The summed E-state index contributed by atoms with van der Waals surface area (Å²) in [4.78, 5) is 4.32. The minimum absolute atomic E-state index is 0.255. The number of para-hydroxylation sites is 2. The number of thioether (sulfide) groups is 1. The molecule has 2 heterocycles. The van der Waals surface area contributed by atoms with Gasteiger partial charge in [0.15, 0.2) is 0 Å². The van der Waals surface area contributed by atoms with Crippen molar-refractivity contribution in [3.63, 3.8) is 0 Å². The van der Waals surface area contributed by atoms with Crippen molar-refractivity contribution in [1.29, 1.82) is 0 Å². The predicted molar refractivity (Wildman–Crippen MR) is 90.7 cm³/mol. The summed E-state index contributed by atoms with van der Waals surface area (Å²) in [6.07, 6.45) is 5.79. The van der Waals surface area contributed by atoms with Crippen LogP contribution < -0.4 is 0 Å². The Bertz CT molecular complexity index is 857. The average Bonchev–Trinajstić information content (AvgIpc) is 3.25. The number of hydrogen-bond acceptors (Lipinski definition) is 5. The number of hydrogen-bond donors (Lipinski definition) is 0. The van der Waals surface area contributed by atoms with Gasteiger partial charge in [0.1, 0.15) is 5.82 Å². The monoisotopic (exact) mass is 364 g/mol. The van der Waals surface area contributed by atoms with Gasteiger partial charge in [-0.25, -0.2) is 4.98 Å². The molecule has 0 N–H and O–H groups in total. The lowest BCUT2D eigenvalue weighted by Crippen LogP contribution is -2.04. The van der Waals surface area contributed by atoms with Gasteiger partial charge in [0.2, 0.25) is 5.89 Å². The quantitative estimate of drug-likeness (QED) is 0.586. The van der Waals surface area contributed by atoms with Crippen LogP contribution in [0, 0.1) is 0 Å². The molecule has 0 aliphatic heterocycles. The van der Waals surface area contributed by atoms with Crippen molar-refractivity contribution < 1.29 is 13.2 Å². The molecule has 0 saturated heterocycles. The van der Waals surface area contributed by atoms with Gasteiger partial charge in [0.05, 0.1) is 16.8 Å². The summed E-state index contributed by atoms with van der Waals surface area (Å²) >= 11 is 1.25. The van der Waals surface area contributed by atoms with E-state index in [1.807, 2.05) is 0 Å². The first-order valence-corrected chi connectivity index (χ1v) is 9.41. The number of halogens is 2. The maximum Gasteiger partial charge on any atom is 0.320 e.